The van der Waals surface area contributed by atoms with Crippen LogP contribution in [-0.4, -0.2) is 23.9 Å². The Hall–Kier alpha value is -1.39. The first-order valence-electron chi connectivity index (χ1n) is 4.80. The highest BCUT2D eigenvalue weighted by Crippen LogP contribution is 2.10. The zero-order valence-corrected chi connectivity index (χ0v) is 10.2. The van der Waals surface area contributed by atoms with Gasteiger partial charge in [-0.25, -0.2) is 13.4 Å². The topological polar surface area (TPSA) is 98.6 Å². The quantitative estimate of drug-likeness (QED) is 0.805. The molecule has 0 aliphatic carbocycles. The minimum atomic E-state index is -3.71. The highest BCUT2D eigenvalue weighted by molar-refractivity contribution is 7.89. The summed E-state index contributed by atoms with van der Waals surface area (Å²) in [5, 5.41) is 8.73. The smallest absolute Gasteiger partial charge is 0.258 e. The number of nitrogens with zero attached hydrogens (tertiary/aromatic N) is 2. The number of rotatable bonds is 4. The fourth-order valence-electron chi connectivity index (χ4n) is 1.07. The van der Waals surface area contributed by atoms with Gasteiger partial charge in [-0.05, 0) is 13.8 Å². The van der Waals surface area contributed by atoms with E-state index in [1.165, 1.54) is 20.0 Å². The molecule has 7 heteroatoms. The maximum atomic E-state index is 11.8. The molecule has 0 aliphatic heterocycles. The summed E-state index contributed by atoms with van der Waals surface area (Å²) in [7, 11) is -3.71. The maximum absolute atomic E-state index is 11.8. The number of aromatic nitrogens is 2. The van der Waals surface area contributed by atoms with Crippen LogP contribution >= 0.6 is 0 Å². The van der Waals surface area contributed by atoms with Crippen molar-refractivity contribution in [1.82, 2.24) is 14.7 Å². The van der Waals surface area contributed by atoms with Crippen LogP contribution in [0.1, 0.15) is 26.6 Å². The minimum absolute atomic E-state index is 0.0207. The highest BCUT2D eigenvalue weighted by atomic mass is 32.2. The second-order valence-electron chi connectivity index (χ2n) is 3.89. The van der Waals surface area contributed by atoms with Crippen LogP contribution in [0.15, 0.2) is 11.2 Å². The molecule has 0 fully saturated rings. The molecular weight excluding hydrogens is 228 g/mol. The van der Waals surface area contributed by atoms with Crippen LogP contribution in [0, 0.1) is 11.3 Å². The standard InChI is InChI=1S/C9H14N4O2S/c1-4-7-11-5-8(12-7)16(14,15)13-9(2,3)6-10/h5,13H,4H2,1-3H3,(H,11,12). The molecule has 1 heterocycles. The van der Waals surface area contributed by atoms with Crippen LogP contribution in [0.25, 0.3) is 0 Å². The molecule has 0 radical (unpaired) electrons. The van der Waals surface area contributed by atoms with Gasteiger partial charge in [0.05, 0.1) is 12.3 Å². The van der Waals surface area contributed by atoms with Crippen molar-refractivity contribution in [3.63, 3.8) is 0 Å². The SMILES string of the molecule is CCc1ncc(S(=O)(=O)NC(C)(C)C#N)[nH]1. The second-order valence-corrected chi connectivity index (χ2v) is 5.54. The molecule has 0 spiro atoms. The van der Waals surface area contributed by atoms with Gasteiger partial charge < -0.3 is 4.98 Å². The number of hydrogen-bond donors (Lipinski definition) is 2. The van der Waals surface area contributed by atoms with E-state index in [1.54, 1.807) is 0 Å². The van der Waals surface area contributed by atoms with Crippen LogP contribution < -0.4 is 4.72 Å². The molecule has 1 rings (SSSR count). The summed E-state index contributed by atoms with van der Waals surface area (Å²) >= 11 is 0. The van der Waals surface area contributed by atoms with Gasteiger partial charge in [-0.15, -0.1) is 0 Å². The Morgan fingerprint density at radius 1 is 1.62 bits per heavy atom. The van der Waals surface area contributed by atoms with Crippen molar-refractivity contribution in [2.75, 3.05) is 0 Å². The molecule has 0 saturated heterocycles. The molecule has 16 heavy (non-hydrogen) atoms. The van der Waals surface area contributed by atoms with Gasteiger partial charge in [0, 0.05) is 6.42 Å². The molecule has 1 aromatic heterocycles. The van der Waals surface area contributed by atoms with E-state index in [-0.39, 0.29) is 5.03 Å². The summed E-state index contributed by atoms with van der Waals surface area (Å²) < 4.78 is 25.9. The van der Waals surface area contributed by atoms with E-state index >= 15 is 0 Å². The van der Waals surface area contributed by atoms with E-state index in [0.29, 0.717) is 12.2 Å². The average molecular weight is 242 g/mol. The lowest BCUT2D eigenvalue weighted by atomic mass is 10.1. The molecule has 0 aromatic carbocycles. The molecule has 0 aliphatic rings. The molecule has 0 atom stereocenters. The Balaban J connectivity index is 3.00. The predicted molar refractivity (Wildman–Crippen MR) is 58.0 cm³/mol. The maximum Gasteiger partial charge on any atom is 0.258 e. The fraction of sp³-hybridized carbons (Fsp3) is 0.556. The van der Waals surface area contributed by atoms with E-state index in [9.17, 15) is 8.42 Å². The molecule has 2 N–H and O–H groups in total. The van der Waals surface area contributed by atoms with Gasteiger partial charge in [-0.1, -0.05) is 6.92 Å². The zero-order chi connectivity index (χ0) is 12.4. The number of nitrogens with one attached hydrogen (secondary N) is 2. The third kappa shape index (κ3) is 2.81. The first-order valence-corrected chi connectivity index (χ1v) is 6.28. The molecule has 0 unspecified atom stereocenters. The Kier molecular flexibility index (Phi) is 3.35. The first kappa shape index (κ1) is 12.7. The van der Waals surface area contributed by atoms with Gasteiger partial charge in [0.25, 0.3) is 10.0 Å². The van der Waals surface area contributed by atoms with E-state index in [4.69, 9.17) is 5.26 Å². The number of imidazole rings is 1. The molecule has 0 saturated carbocycles. The van der Waals surface area contributed by atoms with Gasteiger partial charge in [0.15, 0.2) is 5.03 Å². The largest absolute Gasteiger partial charge is 0.332 e. The predicted octanol–water partition coefficient (Wildman–Crippen LogP) is 0.553. The van der Waals surface area contributed by atoms with Gasteiger partial charge in [0.1, 0.15) is 11.4 Å². The third-order valence-electron chi connectivity index (χ3n) is 1.90. The van der Waals surface area contributed by atoms with Crippen LogP contribution in [-0.2, 0) is 16.4 Å². The molecule has 88 valence electrons. The van der Waals surface area contributed by atoms with Crippen molar-refractivity contribution in [3.8, 4) is 6.07 Å². The third-order valence-corrected chi connectivity index (χ3v) is 3.46. The van der Waals surface area contributed by atoms with Crippen molar-refractivity contribution in [3.05, 3.63) is 12.0 Å². The fourth-order valence-corrected chi connectivity index (χ4v) is 2.34. The van der Waals surface area contributed by atoms with Crippen LogP contribution in [0.4, 0.5) is 0 Å². The van der Waals surface area contributed by atoms with Crippen molar-refractivity contribution < 1.29 is 8.42 Å². The normalized spacial score (nSPS) is 12.4. The number of aryl methyl sites for hydroxylation is 1. The molecular formula is C9H14N4O2S. The number of sulfonamides is 1. The Labute approximate surface area is 94.8 Å². The number of aromatic amines is 1. The lowest BCUT2D eigenvalue weighted by molar-refractivity contribution is 0.533. The Morgan fingerprint density at radius 3 is 2.69 bits per heavy atom. The van der Waals surface area contributed by atoms with Crippen molar-refractivity contribution in [2.24, 2.45) is 0 Å². The molecule has 0 amide bonds. The highest BCUT2D eigenvalue weighted by Gasteiger charge is 2.27. The summed E-state index contributed by atoms with van der Waals surface area (Å²) in [6.07, 6.45) is 1.87. The van der Waals surface area contributed by atoms with Gasteiger partial charge in [-0.2, -0.15) is 9.98 Å². The summed E-state index contributed by atoms with van der Waals surface area (Å²) in [6.45, 7) is 4.84. The molecule has 0 bridgehead atoms. The summed E-state index contributed by atoms with van der Waals surface area (Å²) in [5.41, 5.74) is -1.14. The van der Waals surface area contributed by atoms with Crippen LogP contribution in [0.5, 0.6) is 0 Å². The van der Waals surface area contributed by atoms with Gasteiger partial charge in [0.2, 0.25) is 0 Å². The second kappa shape index (κ2) is 4.23. The van der Waals surface area contributed by atoms with E-state index in [2.05, 4.69) is 14.7 Å². The lowest BCUT2D eigenvalue weighted by Crippen LogP contribution is -2.42. The van der Waals surface area contributed by atoms with Crippen LogP contribution in [0.2, 0.25) is 0 Å². The van der Waals surface area contributed by atoms with Crippen molar-refractivity contribution in [2.45, 2.75) is 37.8 Å². The van der Waals surface area contributed by atoms with Crippen molar-refractivity contribution >= 4 is 10.0 Å². The van der Waals surface area contributed by atoms with E-state index < -0.39 is 15.6 Å². The van der Waals surface area contributed by atoms with Crippen LogP contribution in [0.3, 0.4) is 0 Å². The zero-order valence-electron chi connectivity index (χ0n) is 9.40. The van der Waals surface area contributed by atoms with Crippen molar-refractivity contribution in [1.29, 1.82) is 5.26 Å². The van der Waals surface area contributed by atoms with E-state index in [1.807, 2.05) is 13.0 Å². The minimum Gasteiger partial charge on any atom is -0.332 e. The Bertz CT molecular complexity index is 510. The lowest BCUT2D eigenvalue weighted by Gasteiger charge is -2.16. The first-order chi connectivity index (χ1) is 7.30. The Morgan fingerprint density at radius 2 is 2.25 bits per heavy atom. The van der Waals surface area contributed by atoms with Gasteiger partial charge in [-0.3, -0.25) is 0 Å². The number of hydrogen-bond acceptors (Lipinski definition) is 4. The average Bonchev–Trinajstić information content (AvgIpc) is 2.65. The summed E-state index contributed by atoms with van der Waals surface area (Å²) in [4.78, 5) is 6.58. The van der Waals surface area contributed by atoms with Gasteiger partial charge >= 0.3 is 0 Å². The number of nitriles is 1. The monoisotopic (exact) mass is 242 g/mol. The molecule has 1 aromatic rings. The molecule has 6 nitrogen and oxygen atoms in total. The number of H-pyrrole nitrogens is 1. The summed E-state index contributed by atoms with van der Waals surface area (Å²) in [6, 6.07) is 1.86. The van der Waals surface area contributed by atoms with E-state index in [0.717, 1.165) is 0 Å². The summed E-state index contributed by atoms with van der Waals surface area (Å²) in [5.74, 6) is 0.593.